The molecule has 2 heteroatoms. The van der Waals surface area contributed by atoms with Gasteiger partial charge in [-0.2, -0.15) is 0 Å². The number of hydrogen-bond acceptors (Lipinski definition) is 1. The van der Waals surface area contributed by atoms with Crippen molar-refractivity contribution in [3.05, 3.63) is 0 Å². The van der Waals surface area contributed by atoms with Crippen molar-refractivity contribution >= 4 is 0 Å². The Balaban J connectivity index is 2.53. The van der Waals surface area contributed by atoms with Gasteiger partial charge in [-0.3, -0.25) is 0 Å². The molecule has 0 spiro atoms. The van der Waals surface area contributed by atoms with Gasteiger partial charge in [0.15, 0.2) is 0 Å². The van der Waals surface area contributed by atoms with Crippen LogP contribution in [0.3, 0.4) is 0 Å². The quantitative estimate of drug-likeness (QED) is 0.529. The molecule has 0 aromatic heterocycles. The van der Waals surface area contributed by atoms with E-state index < -0.39 is 0 Å². The molecule has 8 heavy (non-hydrogen) atoms. The SMILES string of the molecule is CCCCNCC[O]. The molecule has 0 aliphatic carbocycles. The first-order valence-corrected chi connectivity index (χ1v) is 3.20. The predicted molar refractivity (Wildman–Crippen MR) is 33.3 cm³/mol. The minimum absolute atomic E-state index is 0.00368. The summed E-state index contributed by atoms with van der Waals surface area (Å²) in [6.45, 7) is 3.77. The van der Waals surface area contributed by atoms with E-state index in [1.165, 1.54) is 12.8 Å². The Hall–Kier alpha value is -0.0800. The fourth-order valence-corrected chi connectivity index (χ4v) is 0.499. The maximum atomic E-state index is 9.83. The van der Waals surface area contributed by atoms with Crippen LogP contribution in [-0.4, -0.2) is 19.7 Å². The fourth-order valence-electron chi connectivity index (χ4n) is 0.499. The third-order valence-electron chi connectivity index (χ3n) is 0.986. The van der Waals surface area contributed by atoms with E-state index >= 15 is 0 Å². The van der Waals surface area contributed by atoms with E-state index in [-0.39, 0.29) is 6.61 Å². The minimum Gasteiger partial charge on any atom is -0.314 e. The van der Waals surface area contributed by atoms with Crippen LogP contribution in [0.5, 0.6) is 0 Å². The standard InChI is InChI=1S/C6H14NO/c1-2-3-4-7-5-6-8/h7H,2-6H2,1H3. The van der Waals surface area contributed by atoms with E-state index in [2.05, 4.69) is 12.2 Å². The molecule has 1 radical (unpaired) electrons. The van der Waals surface area contributed by atoms with E-state index in [9.17, 15) is 5.11 Å². The zero-order chi connectivity index (χ0) is 6.24. The van der Waals surface area contributed by atoms with Crippen LogP contribution < -0.4 is 5.32 Å². The van der Waals surface area contributed by atoms with Crippen molar-refractivity contribution in [2.75, 3.05) is 19.7 Å². The van der Waals surface area contributed by atoms with E-state index in [4.69, 9.17) is 0 Å². The first kappa shape index (κ1) is 7.92. The van der Waals surface area contributed by atoms with Gasteiger partial charge >= 0.3 is 0 Å². The largest absolute Gasteiger partial charge is 0.314 e. The third-order valence-corrected chi connectivity index (χ3v) is 0.986. The van der Waals surface area contributed by atoms with Crippen LogP contribution in [-0.2, 0) is 5.11 Å². The predicted octanol–water partition coefficient (Wildman–Crippen LogP) is 0.807. The molecular weight excluding hydrogens is 102 g/mol. The zero-order valence-electron chi connectivity index (χ0n) is 5.44. The van der Waals surface area contributed by atoms with E-state index in [1.807, 2.05) is 0 Å². The Morgan fingerprint density at radius 3 is 2.62 bits per heavy atom. The second kappa shape index (κ2) is 6.92. The lowest BCUT2D eigenvalue weighted by molar-refractivity contribution is 0.194. The summed E-state index contributed by atoms with van der Waals surface area (Å²) < 4.78 is 0. The Labute approximate surface area is 50.9 Å². The van der Waals surface area contributed by atoms with Crippen molar-refractivity contribution in [2.24, 2.45) is 0 Å². The third kappa shape index (κ3) is 5.92. The molecule has 0 bridgehead atoms. The highest BCUT2D eigenvalue weighted by Gasteiger charge is 1.82. The average molecular weight is 116 g/mol. The molecule has 49 valence electrons. The fraction of sp³-hybridized carbons (Fsp3) is 1.00. The van der Waals surface area contributed by atoms with E-state index in [0.29, 0.717) is 6.54 Å². The van der Waals surface area contributed by atoms with Crippen molar-refractivity contribution in [1.29, 1.82) is 0 Å². The maximum Gasteiger partial charge on any atom is 0.0946 e. The normalized spacial score (nSPS) is 9.75. The molecule has 0 aromatic rings. The molecular formula is C6H14NO. The van der Waals surface area contributed by atoms with E-state index in [1.54, 1.807) is 0 Å². The summed E-state index contributed by atoms with van der Waals surface area (Å²) in [5.41, 5.74) is 0. The number of rotatable bonds is 5. The van der Waals surface area contributed by atoms with Crippen molar-refractivity contribution in [1.82, 2.24) is 5.32 Å². The lowest BCUT2D eigenvalue weighted by Crippen LogP contribution is -2.18. The van der Waals surface area contributed by atoms with Crippen LogP contribution in [0.15, 0.2) is 0 Å². The van der Waals surface area contributed by atoms with Crippen LogP contribution in [0.2, 0.25) is 0 Å². The maximum absolute atomic E-state index is 9.83. The molecule has 0 aliphatic heterocycles. The molecule has 1 N–H and O–H groups in total. The topological polar surface area (TPSA) is 31.9 Å². The Morgan fingerprint density at radius 1 is 1.38 bits per heavy atom. The lowest BCUT2D eigenvalue weighted by Gasteiger charge is -1.96. The van der Waals surface area contributed by atoms with Gasteiger partial charge < -0.3 is 5.32 Å². The molecule has 0 heterocycles. The highest BCUT2D eigenvalue weighted by molar-refractivity contribution is 4.42. The average Bonchev–Trinajstić information content (AvgIpc) is 1.81. The number of nitrogens with one attached hydrogen (secondary N) is 1. The molecule has 0 atom stereocenters. The van der Waals surface area contributed by atoms with Gasteiger partial charge in [0.1, 0.15) is 0 Å². The first-order chi connectivity index (χ1) is 3.91. The highest BCUT2D eigenvalue weighted by Crippen LogP contribution is 1.80. The number of hydrogen-bond donors (Lipinski definition) is 1. The summed E-state index contributed by atoms with van der Waals surface area (Å²) in [6, 6.07) is 0. The molecule has 0 unspecified atom stereocenters. The molecule has 0 saturated heterocycles. The van der Waals surface area contributed by atoms with Gasteiger partial charge in [-0.25, -0.2) is 5.11 Å². The van der Waals surface area contributed by atoms with Crippen molar-refractivity contribution in [2.45, 2.75) is 19.8 Å². The van der Waals surface area contributed by atoms with Gasteiger partial charge in [0, 0.05) is 6.54 Å². The van der Waals surface area contributed by atoms with Crippen molar-refractivity contribution < 1.29 is 5.11 Å². The minimum atomic E-state index is 0.00368. The zero-order valence-corrected chi connectivity index (χ0v) is 5.44. The molecule has 0 aliphatic rings. The molecule has 0 rings (SSSR count). The number of unbranched alkanes of at least 4 members (excludes halogenated alkanes) is 1. The van der Waals surface area contributed by atoms with Crippen LogP contribution in [0.25, 0.3) is 0 Å². The summed E-state index contributed by atoms with van der Waals surface area (Å²) in [4.78, 5) is 0. The second-order valence-corrected chi connectivity index (χ2v) is 1.81. The van der Waals surface area contributed by atoms with Gasteiger partial charge in [0.2, 0.25) is 0 Å². The van der Waals surface area contributed by atoms with Crippen molar-refractivity contribution in [3.63, 3.8) is 0 Å². The van der Waals surface area contributed by atoms with Gasteiger partial charge in [-0.05, 0) is 13.0 Å². The Morgan fingerprint density at radius 2 is 2.12 bits per heavy atom. The second-order valence-electron chi connectivity index (χ2n) is 1.81. The van der Waals surface area contributed by atoms with Crippen LogP contribution >= 0.6 is 0 Å². The highest BCUT2D eigenvalue weighted by atomic mass is 16.3. The Kier molecular flexibility index (Phi) is 6.85. The summed E-state index contributed by atoms with van der Waals surface area (Å²) in [7, 11) is 0. The van der Waals surface area contributed by atoms with E-state index in [0.717, 1.165) is 6.54 Å². The van der Waals surface area contributed by atoms with Gasteiger partial charge in [0.05, 0.1) is 6.61 Å². The smallest absolute Gasteiger partial charge is 0.0946 e. The summed E-state index contributed by atoms with van der Waals surface area (Å²) in [6.07, 6.45) is 2.38. The molecule has 0 saturated carbocycles. The van der Waals surface area contributed by atoms with Gasteiger partial charge in [-0.1, -0.05) is 13.3 Å². The molecule has 0 aromatic carbocycles. The lowest BCUT2D eigenvalue weighted by atomic mass is 10.3. The molecule has 0 fully saturated rings. The molecule has 0 amide bonds. The van der Waals surface area contributed by atoms with Crippen LogP contribution in [0, 0.1) is 0 Å². The van der Waals surface area contributed by atoms with Crippen LogP contribution in [0.1, 0.15) is 19.8 Å². The first-order valence-electron chi connectivity index (χ1n) is 3.20. The van der Waals surface area contributed by atoms with Gasteiger partial charge in [0.25, 0.3) is 0 Å². The van der Waals surface area contributed by atoms with Crippen molar-refractivity contribution in [3.8, 4) is 0 Å². The van der Waals surface area contributed by atoms with Crippen LogP contribution in [0.4, 0.5) is 0 Å². The summed E-state index contributed by atoms with van der Waals surface area (Å²) >= 11 is 0. The monoisotopic (exact) mass is 116 g/mol. The summed E-state index contributed by atoms with van der Waals surface area (Å²) in [5, 5.41) is 12.9. The van der Waals surface area contributed by atoms with Gasteiger partial charge in [-0.15, -0.1) is 0 Å². The Bertz CT molecular complexity index is 33.5. The molecule has 2 nitrogen and oxygen atoms in total. The summed E-state index contributed by atoms with van der Waals surface area (Å²) in [5.74, 6) is 0.